The Morgan fingerprint density at radius 2 is 1.72 bits per heavy atom. The van der Waals surface area contributed by atoms with Gasteiger partial charge in [0.05, 0.1) is 24.9 Å². The molecule has 1 unspecified atom stereocenters. The van der Waals surface area contributed by atoms with Crippen molar-refractivity contribution in [3.8, 4) is 11.5 Å². The third-order valence-corrected chi connectivity index (χ3v) is 10.3. The van der Waals surface area contributed by atoms with E-state index in [0.29, 0.717) is 44.8 Å². The number of carbonyl (C=O) groups is 3. The normalized spacial score (nSPS) is 13.6. The summed E-state index contributed by atoms with van der Waals surface area (Å²) in [5.41, 5.74) is 16.1. The van der Waals surface area contributed by atoms with E-state index in [-0.39, 0.29) is 61.7 Å². The van der Waals surface area contributed by atoms with Gasteiger partial charge in [-0.3, -0.25) is 14.5 Å². The lowest BCUT2D eigenvalue weighted by Gasteiger charge is -2.34. The van der Waals surface area contributed by atoms with Gasteiger partial charge in [-0.05, 0) is 47.7 Å². The molecule has 2 aromatic heterocycles. The minimum atomic E-state index is -0.432. The summed E-state index contributed by atoms with van der Waals surface area (Å²) in [6.45, 7) is 9.36. The standard InChI is InChI=1S/C42H60N10O6/c1-4-7-29(2)8-5-6-17-46-40-39-33(48-41(44)49-40)15-19-52(39)27-32-11-9-30(25-36(32)57-3)26-50-20-22-51(23-21-50)42(56)58-28-31-10-12-35(53)34(24-31)47-38(55)14-18-45-37(54)13-16-43/h9-12,15,19,24-25,29,53H,4-8,13-14,16-18,20-23,26-28,43H2,1-3H3,(H,45,54)(H,47,55)(H3,44,46,48,49). The van der Waals surface area contributed by atoms with E-state index in [1.165, 1.54) is 31.7 Å². The molecule has 1 aliphatic heterocycles. The quantitative estimate of drug-likeness (QED) is 0.0483. The summed E-state index contributed by atoms with van der Waals surface area (Å²) in [6.07, 6.45) is 7.73. The van der Waals surface area contributed by atoms with Crippen LogP contribution < -0.4 is 32.2 Å². The van der Waals surface area contributed by atoms with Crippen molar-refractivity contribution in [3.63, 3.8) is 0 Å². The van der Waals surface area contributed by atoms with Gasteiger partial charge in [-0.15, -0.1) is 0 Å². The zero-order chi connectivity index (χ0) is 41.4. The average molecular weight is 801 g/mol. The van der Waals surface area contributed by atoms with Gasteiger partial charge in [0.15, 0.2) is 5.82 Å². The first kappa shape index (κ1) is 43.5. The van der Waals surface area contributed by atoms with Gasteiger partial charge in [-0.25, -0.2) is 9.78 Å². The molecule has 0 bridgehead atoms. The molecule has 0 aliphatic carbocycles. The Bertz CT molecular complexity index is 1980. The van der Waals surface area contributed by atoms with Crippen LogP contribution >= 0.6 is 0 Å². The first-order valence-corrected chi connectivity index (χ1v) is 20.3. The number of phenols is 1. The molecule has 0 spiro atoms. The van der Waals surface area contributed by atoms with Gasteiger partial charge < -0.3 is 51.5 Å². The number of hydrogen-bond donors (Lipinski definition) is 6. The maximum absolute atomic E-state index is 13.0. The first-order chi connectivity index (χ1) is 28.1. The fourth-order valence-electron chi connectivity index (χ4n) is 7.15. The molecule has 4 aromatic rings. The second-order valence-corrected chi connectivity index (χ2v) is 14.9. The molecule has 0 saturated carbocycles. The van der Waals surface area contributed by atoms with Gasteiger partial charge >= 0.3 is 6.09 Å². The number of nitrogen functional groups attached to an aromatic ring is 1. The number of unbranched alkanes of at least 4 members (excludes halogenated alkanes) is 1. The Kier molecular flexibility index (Phi) is 16.3. The van der Waals surface area contributed by atoms with E-state index in [1.807, 2.05) is 12.3 Å². The molecule has 1 fully saturated rings. The molecule has 314 valence electrons. The molecule has 8 N–H and O–H groups in total. The number of benzene rings is 2. The highest BCUT2D eigenvalue weighted by molar-refractivity contribution is 5.92. The van der Waals surface area contributed by atoms with Gasteiger partial charge in [-0.2, -0.15) is 4.98 Å². The van der Waals surface area contributed by atoms with Crippen LogP contribution in [0.15, 0.2) is 48.7 Å². The van der Waals surface area contributed by atoms with Gasteiger partial charge in [0, 0.05) is 77.0 Å². The van der Waals surface area contributed by atoms with Gasteiger partial charge in [0.1, 0.15) is 23.6 Å². The number of methoxy groups -OCH3 is 1. The van der Waals surface area contributed by atoms with E-state index in [0.717, 1.165) is 52.6 Å². The molecular formula is C42H60N10O6. The van der Waals surface area contributed by atoms with Crippen LogP contribution in [-0.4, -0.2) is 100 Å². The molecule has 58 heavy (non-hydrogen) atoms. The van der Waals surface area contributed by atoms with E-state index < -0.39 is 6.09 Å². The van der Waals surface area contributed by atoms with Crippen molar-refractivity contribution in [1.29, 1.82) is 0 Å². The van der Waals surface area contributed by atoms with Crippen LogP contribution in [0.4, 0.5) is 22.2 Å². The minimum Gasteiger partial charge on any atom is -0.506 e. The van der Waals surface area contributed by atoms with Crippen molar-refractivity contribution in [1.82, 2.24) is 29.7 Å². The van der Waals surface area contributed by atoms with E-state index in [4.69, 9.17) is 20.9 Å². The zero-order valence-corrected chi connectivity index (χ0v) is 34.1. The summed E-state index contributed by atoms with van der Waals surface area (Å²) in [7, 11) is 1.68. The number of amides is 3. The van der Waals surface area contributed by atoms with Gasteiger partial charge in [0.2, 0.25) is 17.8 Å². The summed E-state index contributed by atoms with van der Waals surface area (Å²) in [5.74, 6) is 1.79. The number of ether oxygens (including phenoxy) is 2. The number of anilines is 3. The van der Waals surface area contributed by atoms with E-state index in [1.54, 1.807) is 24.1 Å². The number of nitrogens with one attached hydrogen (secondary N) is 3. The molecule has 3 heterocycles. The van der Waals surface area contributed by atoms with Crippen LogP contribution in [0, 0.1) is 5.92 Å². The Morgan fingerprint density at radius 1 is 0.931 bits per heavy atom. The van der Waals surface area contributed by atoms with E-state index in [9.17, 15) is 19.5 Å². The van der Waals surface area contributed by atoms with Crippen LogP contribution in [-0.2, 0) is 34.0 Å². The fraction of sp³-hybridized carbons (Fsp3) is 0.500. The Balaban J connectivity index is 1.09. The molecule has 5 rings (SSSR count). The lowest BCUT2D eigenvalue weighted by molar-refractivity contribution is -0.121. The third-order valence-electron chi connectivity index (χ3n) is 10.3. The Labute approximate surface area is 340 Å². The molecule has 16 heteroatoms. The largest absolute Gasteiger partial charge is 0.506 e. The Hall–Kier alpha value is -5.61. The summed E-state index contributed by atoms with van der Waals surface area (Å²) < 4.78 is 13.6. The molecule has 1 aliphatic rings. The van der Waals surface area contributed by atoms with Crippen molar-refractivity contribution in [2.24, 2.45) is 11.7 Å². The molecule has 3 amide bonds. The maximum atomic E-state index is 13.0. The Morgan fingerprint density at radius 3 is 2.48 bits per heavy atom. The molecular weight excluding hydrogens is 741 g/mol. The highest BCUT2D eigenvalue weighted by Gasteiger charge is 2.23. The highest BCUT2D eigenvalue weighted by atomic mass is 16.6. The van der Waals surface area contributed by atoms with E-state index >= 15 is 0 Å². The van der Waals surface area contributed by atoms with Crippen LogP contribution in [0.5, 0.6) is 11.5 Å². The molecule has 0 radical (unpaired) electrons. The van der Waals surface area contributed by atoms with Crippen molar-refractivity contribution in [2.75, 3.05) is 69.3 Å². The predicted molar refractivity (Wildman–Crippen MR) is 226 cm³/mol. The monoisotopic (exact) mass is 800 g/mol. The number of hydrogen-bond acceptors (Lipinski definition) is 12. The molecule has 16 nitrogen and oxygen atoms in total. The van der Waals surface area contributed by atoms with Crippen LogP contribution in [0.25, 0.3) is 11.0 Å². The van der Waals surface area contributed by atoms with Crippen molar-refractivity contribution in [3.05, 3.63) is 65.4 Å². The molecule has 1 saturated heterocycles. The second-order valence-electron chi connectivity index (χ2n) is 14.9. The number of rotatable bonds is 21. The number of nitrogens with zero attached hydrogens (tertiary/aromatic N) is 5. The van der Waals surface area contributed by atoms with E-state index in [2.05, 4.69) is 67.4 Å². The number of piperazine rings is 1. The van der Waals surface area contributed by atoms with Gasteiger partial charge in [0.25, 0.3) is 0 Å². The average Bonchev–Trinajstić information content (AvgIpc) is 3.60. The molecule has 2 aromatic carbocycles. The smallest absolute Gasteiger partial charge is 0.410 e. The second kappa shape index (κ2) is 21.8. The van der Waals surface area contributed by atoms with Crippen molar-refractivity contribution in [2.45, 2.75) is 78.5 Å². The first-order valence-electron chi connectivity index (χ1n) is 20.3. The number of aromatic nitrogens is 3. The number of nitrogens with two attached hydrogens (primary N) is 2. The summed E-state index contributed by atoms with van der Waals surface area (Å²) in [6, 6.07) is 12.9. The minimum absolute atomic E-state index is 0.0242. The summed E-state index contributed by atoms with van der Waals surface area (Å²) in [4.78, 5) is 49.9. The van der Waals surface area contributed by atoms with Crippen LogP contribution in [0.1, 0.15) is 75.5 Å². The SMILES string of the molecule is CCCC(C)CCCCNc1nc(N)nc2ccn(Cc3ccc(CN4CCN(C(=O)OCc5ccc(O)c(NC(=O)CCNC(=O)CCN)c5)CC4)cc3OC)c12. The summed E-state index contributed by atoms with van der Waals surface area (Å²) >= 11 is 0. The number of carbonyl (C=O) groups excluding carboxylic acids is 3. The molecule has 1 atom stereocenters. The number of phenolic OH excluding ortho intramolecular Hbond substituents is 1. The summed E-state index contributed by atoms with van der Waals surface area (Å²) in [5, 5.41) is 19.0. The van der Waals surface area contributed by atoms with Crippen molar-refractivity contribution >= 4 is 46.4 Å². The predicted octanol–water partition coefficient (Wildman–Crippen LogP) is 5.04. The number of fused-ring (bicyclic) bond motifs is 1. The van der Waals surface area contributed by atoms with Crippen molar-refractivity contribution < 1.29 is 29.0 Å². The lowest BCUT2D eigenvalue weighted by atomic mass is 9.99. The van der Waals surface area contributed by atoms with Gasteiger partial charge in [-0.1, -0.05) is 57.7 Å². The topological polar surface area (TPSA) is 215 Å². The maximum Gasteiger partial charge on any atom is 0.410 e. The lowest BCUT2D eigenvalue weighted by Crippen LogP contribution is -2.48. The third kappa shape index (κ3) is 12.7. The van der Waals surface area contributed by atoms with Crippen LogP contribution in [0.2, 0.25) is 0 Å². The highest BCUT2D eigenvalue weighted by Crippen LogP contribution is 2.28. The van der Waals surface area contributed by atoms with Crippen LogP contribution in [0.3, 0.4) is 0 Å². The number of aromatic hydroxyl groups is 1. The fourth-order valence-corrected chi connectivity index (χ4v) is 7.15. The zero-order valence-electron chi connectivity index (χ0n) is 34.1.